The van der Waals surface area contributed by atoms with Crippen molar-refractivity contribution in [3.8, 4) is 11.6 Å². The van der Waals surface area contributed by atoms with Crippen molar-refractivity contribution in [3.63, 3.8) is 0 Å². The average Bonchev–Trinajstić information content (AvgIpc) is 2.34. The van der Waals surface area contributed by atoms with Gasteiger partial charge in [0.25, 0.3) is 5.88 Å². The van der Waals surface area contributed by atoms with Crippen LogP contribution >= 0.6 is 11.6 Å². The third kappa shape index (κ3) is 2.76. The highest BCUT2D eigenvalue weighted by Gasteiger charge is 2.08. The van der Waals surface area contributed by atoms with Gasteiger partial charge >= 0.3 is 0 Å². The fraction of sp³-hybridized carbons (Fsp3) is 0. The molecule has 1 heterocycles. The maximum atomic E-state index is 13.3. The lowest BCUT2D eigenvalue weighted by Gasteiger charge is -2.05. The largest absolute Gasteiger partial charge is 0.436 e. The van der Waals surface area contributed by atoms with Gasteiger partial charge in [-0.25, -0.2) is 4.98 Å². The number of benzene rings is 1. The fourth-order valence-corrected chi connectivity index (χ4v) is 1.29. The van der Waals surface area contributed by atoms with Crippen molar-refractivity contribution in [2.75, 3.05) is 0 Å². The normalized spacial score (nSPS) is 10.0. The predicted octanol–water partition coefficient (Wildman–Crippen LogP) is 2.87. The Morgan fingerprint density at radius 3 is 3.00 bits per heavy atom. The van der Waals surface area contributed by atoms with E-state index in [0.717, 1.165) is 6.20 Å². The Bertz CT molecular complexity index is 563. The summed E-state index contributed by atoms with van der Waals surface area (Å²) in [6.45, 7) is 0. The van der Waals surface area contributed by atoms with Crippen LogP contribution in [0.1, 0.15) is 10.4 Å². The summed E-state index contributed by atoms with van der Waals surface area (Å²) < 4.78 is 18.4. The fourth-order valence-electron chi connectivity index (χ4n) is 1.17. The van der Waals surface area contributed by atoms with E-state index < -0.39 is 5.82 Å². The van der Waals surface area contributed by atoms with E-state index in [4.69, 9.17) is 16.3 Å². The Morgan fingerprint density at radius 2 is 2.24 bits per heavy atom. The number of carbonyl (C=O) groups excluding carboxylic acids is 1. The van der Waals surface area contributed by atoms with Crippen molar-refractivity contribution in [3.05, 3.63) is 47.1 Å². The van der Waals surface area contributed by atoms with Crippen molar-refractivity contribution in [1.82, 2.24) is 9.97 Å². The number of rotatable bonds is 3. The molecule has 0 atom stereocenters. The molecule has 0 aliphatic heterocycles. The Balaban J connectivity index is 2.30. The number of carbonyl (C=O) groups is 1. The minimum atomic E-state index is -0.731. The van der Waals surface area contributed by atoms with E-state index in [1.165, 1.54) is 6.07 Å². The van der Waals surface area contributed by atoms with Gasteiger partial charge in [-0.15, -0.1) is 0 Å². The average molecular weight is 253 g/mol. The van der Waals surface area contributed by atoms with E-state index in [9.17, 15) is 9.18 Å². The molecule has 17 heavy (non-hydrogen) atoms. The Morgan fingerprint density at radius 1 is 1.41 bits per heavy atom. The van der Waals surface area contributed by atoms with Crippen LogP contribution in [-0.4, -0.2) is 16.3 Å². The van der Waals surface area contributed by atoms with Gasteiger partial charge in [-0.3, -0.25) is 4.79 Å². The summed E-state index contributed by atoms with van der Waals surface area (Å²) in [7, 11) is 0. The molecule has 0 saturated heterocycles. The number of hydrogen-bond donors (Lipinski definition) is 0. The van der Waals surface area contributed by atoms with Gasteiger partial charge in [0.2, 0.25) is 11.1 Å². The first kappa shape index (κ1) is 11.5. The van der Waals surface area contributed by atoms with Gasteiger partial charge in [0, 0.05) is 5.56 Å². The third-order valence-electron chi connectivity index (χ3n) is 1.89. The molecule has 0 amide bonds. The molecule has 0 fully saturated rings. The first-order chi connectivity index (χ1) is 8.19. The highest BCUT2D eigenvalue weighted by molar-refractivity contribution is 6.28. The Labute approximate surface area is 101 Å². The summed E-state index contributed by atoms with van der Waals surface area (Å²) in [5.74, 6) is -0.720. The van der Waals surface area contributed by atoms with Crippen LogP contribution in [0.2, 0.25) is 5.28 Å². The third-order valence-corrected chi connectivity index (χ3v) is 2.07. The van der Waals surface area contributed by atoms with Crippen LogP contribution in [0.3, 0.4) is 0 Å². The molecule has 86 valence electrons. The molecule has 0 radical (unpaired) electrons. The van der Waals surface area contributed by atoms with E-state index in [1.807, 2.05) is 0 Å². The van der Waals surface area contributed by atoms with Crippen molar-refractivity contribution in [2.24, 2.45) is 0 Å². The number of halogens is 2. The standard InChI is InChI=1S/C11H6ClFN2O2/c12-11-14-5-9(13)10(15-11)17-8-3-1-2-7(4-8)6-16/h1-6H. The summed E-state index contributed by atoms with van der Waals surface area (Å²) in [6, 6.07) is 6.24. The topological polar surface area (TPSA) is 52.1 Å². The van der Waals surface area contributed by atoms with Crippen LogP contribution in [0.5, 0.6) is 11.6 Å². The number of hydrogen-bond acceptors (Lipinski definition) is 4. The maximum absolute atomic E-state index is 13.3. The first-order valence-corrected chi connectivity index (χ1v) is 4.98. The smallest absolute Gasteiger partial charge is 0.260 e. The molecular weight excluding hydrogens is 247 g/mol. The molecule has 6 heteroatoms. The van der Waals surface area contributed by atoms with Crippen molar-refractivity contribution < 1.29 is 13.9 Å². The van der Waals surface area contributed by atoms with Crippen LogP contribution in [0.25, 0.3) is 0 Å². The summed E-state index contributed by atoms with van der Waals surface area (Å²) in [5.41, 5.74) is 0.420. The van der Waals surface area contributed by atoms with Gasteiger partial charge in [0.1, 0.15) is 12.0 Å². The number of nitrogens with zero attached hydrogens (tertiary/aromatic N) is 2. The van der Waals surface area contributed by atoms with Gasteiger partial charge in [-0.2, -0.15) is 9.37 Å². The van der Waals surface area contributed by atoms with E-state index in [2.05, 4.69) is 9.97 Å². The zero-order valence-electron chi connectivity index (χ0n) is 8.43. The van der Waals surface area contributed by atoms with E-state index in [0.29, 0.717) is 17.6 Å². The molecule has 0 aliphatic rings. The first-order valence-electron chi connectivity index (χ1n) is 4.60. The molecule has 0 aliphatic carbocycles. The number of aldehydes is 1. The van der Waals surface area contributed by atoms with Crippen molar-refractivity contribution in [2.45, 2.75) is 0 Å². The molecule has 1 aromatic carbocycles. The minimum Gasteiger partial charge on any atom is -0.436 e. The summed E-state index contributed by atoms with van der Waals surface area (Å²) in [6.07, 6.45) is 1.57. The van der Waals surface area contributed by atoms with E-state index in [-0.39, 0.29) is 11.2 Å². The van der Waals surface area contributed by atoms with E-state index >= 15 is 0 Å². The molecule has 0 N–H and O–H groups in total. The lowest BCUT2D eigenvalue weighted by Crippen LogP contribution is -1.94. The summed E-state index contributed by atoms with van der Waals surface area (Å²) in [4.78, 5) is 17.6. The van der Waals surface area contributed by atoms with Crippen molar-refractivity contribution >= 4 is 17.9 Å². The van der Waals surface area contributed by atoms with Crippen LogP contribution in [-0.2, 0) is 0 Å². The van der Waals surface area contributed by atoms with Gasteiger partial charge in [-0.05, 0) is 23.7 Å². The molecule has 4 nitrogen and oxygen atoms in total. The quantitative estimate of drug-likeness (QED) is 0.623. The van der Waals surface area contributed by atoms with Crippen LogP contribution in [0, 0.1) is 5.82 Å². The van der Waals surface area contributed by atoms with Crippen molar-refractivity contribution in [1.29, 1.82) is 0 Å². The van der Waals surface area contributed by atoms with Gasteiger partial charge in [-0.1, -0.05) is 12.1 Å². The number of ether oxygens (including phenoxy) is 1. The van der Waals surface area contributed by atoms with Crippen LogP contribution < -0.4 is 4.74 Å². The Kier molecular flexibility index (Phi) is 3.30. The summed E-state index contributed by atoms with van der Waals surface area (Å²) in [5, 5.41) is -0.118. The second-order valence-electron chi connectivity index (χ2n) is 3.08. The second kappa shape index (κ2) is 4.88. The number of aromatic nitrogens is 2. The molecular formula is C11H6ClFN2O2. The lowest BCUT2D eigenvalue weighted by molar-refractivity contribution is 0.112. The minimum absolute atomic E-state index is 0.118. The highest BCUT2D eigenvalue weighted by atomic mass is 35.5. The van der Waals surface area contributed by atoms with Crippen LogP contribution in [0.4, 0.5) is 4.39 Å². The van der Waals surface area contributed by atoms with Crippen LogP contribution in [0.15, 0.2) is 30.5 Å². The molecule has 2 aromatic rings. The Hall–Kier alpha value is -2.01. The zero-order valence-corrected chi connectivity index (χ0v) is 9.19. The molecule has 0 saturated carbocycles. The highest BCUT2D eigenvalue weighted by Crippen LogP contribution is 2.23. The molecule has 0 spiro atoms. The van der Waals surface area contributed by atoms with E-state index in [1.54, 1.807) is 18.2 Å². The predicted molar refractivity (Wildman–Crippen MR) is 58.9 cm³/mol. The van der Waals surface area contributed by atoms with Gasteiger partial charge < -0.3 is 4.74 Å². The second-order valence-corrected chi connectivity index (χ2v) is 3.42. The molecule has 1 aromatic heterocycles. The molecule has 2 rings (SSSR count). The monoisotopic (exact) mass is 252 g/mol. The molecule has 0 unspecified atom stereocenters. The summed E-state index contributed by atoms with van der Waals surface area (Å²) >= 11 is 5.52. The van der Waals surface area contributed by atoms with Gasteiger partial charge in [0.15, 0.2) is 0 Å². The SMILES string of the molecule is O=Cc1cccc(Oc2nc(Cl)ncc2F)c1. The lowest BCUT2D eigenvalue weighted by atomic mass is 10.2. The maximum Gasteiger partial charge on any atom is 0.260 e. The van der Waals surface area contributed by atoms with Gasteiger partial charge in [0.05, 0.1) is 6.20 Å². The zero-order chi connectivity index (χ0) is 12.3. The molecule has 0 bridgehead atoms.